The summed E-state index contributed by atoms with van der Waals surface area (Å²) in [5, 5.41) is 12.3. The van der Waals surface area contributed by atoms with E-state index in [-0.39, 0.29) is 24.6 Å². The van der Waals surface area contributed by atoms with Crippen LogP contribution in [0, 0.1) is 0 Å². The van der Waals surface area contributed by atoms with Crippen molar-refractivity contribution in [2.45, 2.75) is 79.1 Å². The Labute approximate surface area is 183 Å². The van der Waals surface area contributed by atoms with Crippen molar-refractivity contribution in [2.24, 2.45) is 0 Å². The maximum absolute atomic E-state index is 12.3. The molecule has 0 heterocycles. The zero-order chi connectivity index (χ0) is 20.3. The van der Waals surface area contributed by atoms with Crippen molar-refractivity contribution < 1.29 is 29.0 Å². The van der Waals surface area contributed by atoms with E-state index in [4.69, 9.17) is 0 Å². The van der Waals surface area contributed by atoms with Crippen LogP contribution in [0.1, 0.15) is 107 Å². The Kier molecular flexibility index (Phi) is 9.06. The molecule has 2 rings (SSSR count). The number of nitrogens with one attached hydrogen (secondary N) is 1. The Morgan fingerprint density at radius 2 is 1.21 bits per heavy atom. The summed E-state index contributed by atoms with van der Waals surface area (Å²) in [6, 6.07) is 10.3. The van der Waals surface area contributed by atoms with E-state index < -0.39 is 0 Å². The summed E-state index contributed by atoms with van der Waals surface area (Å²) < 4.78 is 0. The largest absolute Gasteiger partial charge is 1.00 e. The normalized spacial score (nSPS) is 11.9. The summed E-state index contributed by atoms with van der Waals surface area (Å²) in [7, 11) is 0. The molecule has 0 saturated carbocycles. The Morgan fingerprint density at radius 1 is 0.714 bits per heavy atom. The van der Waals surface area contributed by atoms with Gasteiger partial charge in [-0.3, -0.25) is 0 Å². The molecule has 0 radical (unpaired) electrons. The molecule has 2 nitrogen and oxygen atoms in total. The summed E-state index contributed by atoms with van der Waals surface area (Å²) in [4.78, 5) is 3.51. The van der Waals surface area contributed by atoms with Gasteiger partial charge in [-0.15, -0.1) is 0 Å². The molecule has 2 aromatic carbocycles. The van der Waals surface area contributed by atoms with Crippen molar-refractivity contribution in [1.29, 1.82) is 0 Å². The molecule has 3 heteroatoms. The predicted octanol–water partition coefficient (Wildman–Crippen LogP) is 2.09. The molecular weight excluding hydrogens is 337 g/mol. The van der Waals surface area contributed by atoms with Gasteiger partial charge in [-0.1, -0.05) is 73.3 Å². The van der Waals surface area contributed by atoms with Gasteiger partial charge in [0.15, 0.2) is 6.21 Å². The van der Waals surface area contributed by atoms with Crippen molar-refractivity contribution in [2.75, 3.05) is 0 Å². The van der Waals surface area contributed by atoms with Crippen molar-refractivity contribution in [3.63, 3.8) is 0 Å². The molecule has 0 spiro atoms. The van der Waals surface area contributed by atoms with E-state index in [1.165, 1.54) is 22.3 Å². The standard InChI is InChI=1S/C25H35NO.Li/c1-15(2)19-9-10-24(27)21(11-19)14-26-25-22(17(5)6)12-20(16(3)4)13-23(25)18(7)8;/h9-18,27H,1-8H3;/q;+1. The molecule has 1 N–H and O–H groups in total. The second kappa shape index (κ2) is 10.3. The third-order valence-electron chi connectivity index (χ3n) is 5.20. The van der Waals surface area contributed by atoms with Crippen molar-refractivity contribution in [3.05, 3.63) is 58.1 Å². The number of rotatable bonds is 6. The quantitative estimate of drug-likeness (QED) is 0.612. The van der Waals surface area contributed by atoms with E-state index in [0.717, 1.165) is 11.3 Å². The van der Waals surface area contributed by atoms with Crippen LogP contribution in [-0.4, -0.2) is 6.21 Å². The topological polar surface area (TPSA) is 37.0 Å². The first-order valence-corrected chi connectivity index (χ1v) is 10.2. The monoisotopic (exact) mass is 372 g/mol. The molecule has 0 atom stereocenters. The summed E-state index contributed by atoms with van der Waals surface area (Å²) in [5.41, 5.74) is 7.06. The summed E-state index contributed by atoms with van der Waals surface area (Å²) >= 11 is 0. The SMILES string of the molecule is CC(C)c1ccc([O-])c(C=[NH+]c2c(C(C)C)cc(C(C)C)cc2C(C)C)c1.[Li+]. The first-order valence-electron chi connectivity index (χ1n) is 10.2. The van der Waals surface area contributed by atoms with Gasteiger partial charge in [-0.05, 0) is 53.0 Å². The van der Waals surface area contributed by atoms with Crippen LogP contribution in [0.2, 0.25) is 0 Å². The van der Waals surface area contributed by atoms with E-state index in [9.17, 15) is 5.11 Å². The summed E-state index contributed by atoms with van der Waals surface area (Å²) in [6.45, 7) is 17.7. The third kappa shape index (κ3) is 5.76. The van der Waals surface area contributed by atoms with Crippen LogP contribution in [0.4, 0.5) is 5.69 Å². The average molecular weight is 373 g/mol. The van der Waals surface area contributed by atoms with Crippen LogP contribution in [0.15, 0.2) is 30.3 Å². The zero-order valence-corrected chi connectivity index (χ0v) is 19.2. The molecular formula is C25H35LiNO+. The Morgan fingerprint density at radius 3 is 1.64 bits per heavy atom. The van der Waals surface area contributed by atoms with Gasteiger partial charge in [-0.25, -0.2) is 4.99 Å². The molecule has 0 bridgehead atoms. The second-order valence-corrected chi connectivity index (χ2v) is 8.78. The van der Waals surface area contributed by atoms with Crippen molar-refractivity contribution in [1.82, 2.24) is 0 Å². The fraction of sp³-hybridized carbons (Fsp3) is 0.480. The maximum Gasteiger partial charge on any atom is 1.00 e. The number of hydrogen-bond acceptors (Lipinski definition) is 1. The molecule has 146 valence electrons. The molecule has 0 amide bonds. The third-order valence-corrected chi connectivity index (χ3v) is 5.20. The Bertz CT molecular complexity index is 790. The summed E-state index contributed by atoms with van der Waals surface area (Å²) in [5.74, 6) is 1.77. The molecule has 0 saturated heterocycles. The summed E-state index contributed by atoms with van der Waals surface area (Å²) in [6.07, 6.45) is 1.89. The van der Waals surface area contributed by atoms with Gasteiger partial charge in [0.2, 0.25) is 5.69 Å². The fourth-order valence-corrected chi connectivity index (χ4v) is 3.31. The Balaban J connectivity index is 0.00000392. The van der Waals surface area contributed by atoms with Gasteiger partial charge >= 0.3 is 18.9 Å². The van der Waals surface area contributed by atoms with E-state index >= 15 is 0 Å². The van der Waals surface area contributed by atoms with Gasteiger partial charge in [0, 0.05) is 16.7 Å². The van der Waals surface area contributed by atoms with Crippen LogP contribution in [0.25, 0.3) is 0 Å². The van der Waals surface area contributed by atoms with Gasteiger partial charge in [-0.2, -0.15) is 0 Å². The molecule has 0 aliphatic rings. The minimum absolute atomic E-state index is 0. The van der Waals surface area contributed by atoms with Gasteiger partial charge in [0.1, 0.15) is 0 Å². The minimum atomic E-state index is 0. The van der Waals surface area contributed by atoms with Crippen LogP contribution < -0.4 is 29.0 Å². The fourth-order valence-electron chi connectivity index (χ4n) is 3.31. The molecule has 0 unspecified atom stereocenters. The van der Waals surface area contributed by atoms with Gasteiger partial charge in [0.05, 0.1) is 0 Å². The molecule has 0 fully saturated rings. The van der Waals surface area contributed by atoms with Crippen molar-refractivity contribution in [3.8, 4) is 5.75 Å². The minimum Gasteiger partial charge on any atom is -0.872 e. The van der Waals surface area contributed by atoms with Gasteiger partial charge in [0.25, 0.3) is 0 Å². The smallest absolute Gasteiger partial charge is 0.872 e. The average Bonchev–Trinajstić information content (AvgIpc) is 2.59. The van der Waals surface area contributed by atoms with Crippen LogP contribution in [0.3, 0.4) is 0 Å². The molecule has 2 aromatic rings. The zero-order valence-electron chi connectivity index (χ0n) is 19.2. The van der Waals surface area contributed by atoms with Crippen LogP contribution in [0.5, 0.6) is 5.75 Å². The predicted molar refractivity (Wildman–Crippen MR) is 114 cm³/mol. The molecule has 0 aliphatic carbocycles. The van der Waals surface area contributed by atoms with Crippen LogP contribution in [-0.2, 0) is 0 Å². The van der Waals surface area contributed by atoms with E-state index in [1.807, 2.05) is 18.3 Å². The first-order chi connectivity index (χ1) is 12.6. The molecule has 28 heavy (non-hydrogen) atoms. The van der Waals surface area contributed by atoms with E-state index in [2.05, 4.69) is 72.5 Å². The van der Waals surface area contributed by atoms with Crippen molar-refractivity contribution >= 4 is 11.9 Å². The molecule has 0 aromatic heterocycles. The second-order valence-electron chi connectivity index (χ2n) is 8.78. The van der Waals surface area contributed by atoms with E-state index in [1.54, 1.807) is 6.07 Å². The Hall–Kier alpha value is -1.49. The number of hydrogen-bond donors (Lipinski definition) is 1. The van der Waals surface area contributed by atoms with E-state index in [0.29, 0.717) is 23.7 Å². The first kappa shape index (κ1) is 24.5. The molecule has 0 aliphatic heterocycles. The van der Waals surface area contributed by atoms with Crippen LogP contribution >= 0.6 is 0 Å². The maximum atomic E-state index is 12.3. The number of benzene rings is 2. The van der Waals surface area contributed by atoms with Gasteiger partial charge < -0.3 is 5.11 Å².